The van der Waals surface area contributed by atoms with Crippen LogP contribution in [0.2, 0.25) is 0 Å². The number of benzene rings is 2. The summed E-state index contributed by atoms with van der Waals surface area (Å²) in [5.74, 6) is -0.288. The molecule has 0 amide bonds. The third kappa shape index (κ3) is 1.45. The average Bonchev–Trinajstić information content (AvgIpc) is 2.75. The molecule has 84 valence electrons. The van der Waals surface area contributed by atoms with Crippen molar-refractivity contribution in [2.75, 3.05) is 0 Å². The summed E-state index contributed by atoms with van der Waals surface area (Å²) in [5.41, 5.74) is 0.835. The van der Waals surface area contributed by atoms with Crippen LogP contribution in [-0.2, 0) is 0 Å². The zero-order valence-corrected chi connectivity index (χ0v) is 8.84. The number of aromatic nitrogens is 2. The molecule has 0 aliphatic carbocycles. The molecule has 3 aromatic rings. The Bertz CT molecular complexity index is 691. The average molecular weight is 228 g/mol. The molecule has 1 aromatic heterocycles. The van der Waals surface area contributed by atoms with Crippen LogP contribution in [0.25, 0.3) is 16.6 Å². The predicted molar refractivity (Wildman–Crippen MR) is 62.7 cm³/mol. The molecule has 0 saturated heterocycles. The minimum atomic E-state index is -0.358. The highest BCUT2D eigenvalue weighted by molar-refractivity contribution is 5.81. The minimum Gasteiger partial charge on any atom is -0.506 e. The number of para-hydroxylation sites is 3. The van der Waals surface area contributed by atoms with Gasteiger partial charge in [0.1, 0.15) is 22.8 Å². The van der Waals surface area contributed by atoms with Gasteiger partial charge in [-0.25, -0.2) is 9.07 Å². The maximum atomic E-state index is 13.8. The van der Waals surface area contributed by atoms with E-state index >= 15 is 0 Å². The highest BCUT2D eigenvalue weighted by Crippen LogP contribution is 2.26. The molecule has 0 unspecified atom stereocenters. The monoisotopic (exact) mass is 228 g/mol. The summed E-state index contributed by atoms with van der Waals surface area (Å²) in [6, 6.07) is 11.5. The van der Waals surface area contributed by atoms with E-state index in [1.807, 2.05) is 0 Å². The van der Waals surface area contributed by atoms with E-state index in [1.165, 1.54) is 10.7 Å². The van der Waals surface area contributed by atoms with Crippen LogP contribution in [0.5, 0.6) is 5.75 Å². The second kappa shape index (κ2) is 3.59. The van der Waals surface area contributed by atoms with Gasteiger partial charge in [0.15, 0.2) is 0 Å². The molecule has 0 saturated carbocycles. The van der Waals surface area contributed by atoms with Crippen molar-refractivity contribution in [3.63, 3.8) is 0 Å². The largest absolute Gasteiger partial charge is 0.506 e. The summed E-state index contributed by atoms with van der Waals surface area (Å²) in [7, 11) is 0. The molecule has 0 atom stereocenters. The van der Waals surface area contributed by atoms with Crippen molar-refractivity contribution in [2.24, 2.45) is 0 Å². The van der Waals surface area contributed by atoms with Gasteiger partial charge in [-0.1, -0.05) is 24.3 Å². The van der Waals surface area contributed by atoms with Crippen molar-refractivity contribution in [1.82, 2.24) is 9.78 Å². The van der Waals surface area contributed by atoms with E-state index in [0.29, 0.717) is 16.6 Å². The van der Waals surface area contributed by atoms with E-state index in [-0.39, 0.29) is 11.6 Å². The van der Waals surface area contributed by atoms with Crippen molar-refractivity contribution in [1.29, 1.82) is 0 Å². The molecular weight excluding hydrogens is 219 g/mol. The SMILES string of the molecule is Oc1ccccc1-n1ncc2cccc(F)c21. The van der Waals surface area contributed by atoms with Crippen LogP contribution < -0.4 is 0 Å². The number of nitrogens with zero attached hydrogens (tertiary/aromatic N) is 2. The third-order valence-electron chi connectivity index (χ3n) is 2.65. The second-order valence-electron chi connectivity index (χ2n) is 3.72. The van der Waals surface area contributed by atoms with E-state index in [9.17, 15) is 9.50 Å². The fraction of sp³-hybridized carbons (Fsp3) is 0. The van der Waals surface area contributed by atoms with Gasteiger partial charge in [0.05, 0.1) is 6.20 Å². The van der Waals surface area contributed by atoms with Gasteiger partial charge in [0.25, 0.3) is 0 Å². The third-order valence-corrected chi connectivity index (χ3v) is 2.65. The molecule has 3 nitrogen and oxygen atoms in total. The lowest BCUT2D eigenvalue weighted by molar-refractivity contribution is 0.471. The van der Waals surface area contributed by atoms with Gasteiger partial charge in [0, 0.05) is 5.39 Å². The Balaban J connectivity index is 2.36. The van der Waals surface area contributed by atoms with Crippen LogP contribution in [0.3, 0.4) is 0 Å². The van der Waals surface area contributed by atoms with Gasteiger partial charge in [0.2, 0.25) is 0 Å². The number of aromatic hydroxyl groups is 1. The molecule has 1 N–H and O–H groups in total. The van der Waals surface area contributed by atoms with E-state index in [0.717, 1.165) is 0 Å². The zero-order valence-electron chi connectivity index (χ0n) is 8.84. The number of phenols is 1. The maximum absolute atomic E-state index is 13.8. The number of phenolic OH excluding ortho intramolecular Hbond substituents is 1. The van der Waals surface area contributed by atoms with Crippen molar-refractivity contribution in [3.05, 3.63) is 54.5 Å². The fourth-order valence-corrected chi connectivity index (χ4v) is 1.86. The highest BCUT2D eigenvalue weighted by Gasteiger charge is 2.11. The Morgan fingerprint density at radius 1 is 1.06 bits per heavy atom. The topological polar surface area (TPSA) is 38.0 Å². The van der Waals surface area contributed by atoms with Crippen molar-refractivity contribution in [3.8, 4) is 11.4 Å². The van der Waals surface area contributed by atoms with Gasteiger partial charge in [-0.15, -0.1) is 0 Å². The fourth-order valence-electron chi connectivity index (χ4n) is 1.86. The molecule has 4 heteroatoms. The van der Waals surface area contributed by atoms with Gasteiger partial charge in [-0.2, -0.15) is 5.10 Å². The van der Waals surface area contributed by atoms with Crippen molar-refractivity contribution < 1.29 is 9.50 Å². The zero-order chi connectivity index (χ0) is 11.8. The number of rotatable bonds is 1. The smallest absolute Gasteiger partial charge is 0.149 e. The summed E-state index contributed by atoms with van der Waals surface area (Å²) in [6.45, 7) is 0. The molecule has 0 bridgehead atoms. The van der Waals surface area contributed by atoms with Crippen LogP contribution in [0, 0.1) is 5.82 Å². The molecule has 2 aromatic carbocycles. The van der Waals surface area contributed by atoms with Gasteiger partial charge in [-0.3, -0.25) is 0 Å². The van der Waals surface area contributed by atoms with Gasteiger partial charge in [-0.05, 0) is 18.2 Å². The molecule has 1 heterocycles. The Morgan fingerprint density at radius 2 is 1.88 bits per heavy atom. The second-order valence-corrected chi connectivity index (χ2v) is 3.72. The Labute approximate surface area is 96.7 Å². The molecular formula is C13H9FN2O. The minimum absolute atomic E-state index is 0.0701. The van der Waals surface area contributed by atoms with E-state index < -0.39 is 0 Å². The van der Waals surface area contributed by atoms with Crippen LogP contribution >= 0.6 is 0 Å². The lowest BCUT2D eigenvalue weighted by atomic mass is 10.2. The first-order chi connectivity index (χ1) is 8.27. The summed E-state index contributed by atoms with van der Waals surface area (Å²) >= 11 is 0. The molecule has 0 aliphatic heterocycles. The molecule has 0 spiro atoms. The first-order valence-corrected chi connectivity index (χ1v) is 5.18. The first-order valence-electron chi connectivity index (χ1n) is 5.18. The van der Waals surface area contributed by atoms with Crippen LogP contribution in [0.1, 0.15) is 0 Å². The molecule has 3 rings (SSSR count). The van der Waals surface area contributed by atoms with Crippen LogP contribution in [0.15, 0.2) is 48.7 Å². The summed E-state index contributed by atoms with van der Waals surface area (Å²) in [4.78, 5) is 0. The molecule has 17 heavy (non-hydrogen) atoms. The highest BCUT2D eigenvalue weighted by atomic mass is 19.1. The van der Waals surface area contributed by atoms with E-state index in [1.54, 1.807) is 42.6 Å². The Morgan fingerprint density at radius 3 is 2.71 bits per heavy atom. The lowest BCUT2D eigenvalue weighted by Crippen LogP contribution is -1.97. The van der Waals surface area contributed by atoms with Crippen molar-refractivity contribution >= 4 is 10.9 Å². The summed E-state index contributed by atoms with van der Waals surface area (Å²) < 4.78 is 15.2. The number of hydrogen-bond acceptors (Lipinski definition) is 2. The van der Waals surface area contributed by atoms with Crippen LogP contribution in [0.4, 0.5) is 4.39 Å². The van der Waals surface area contributed by atoms with Gasteiger partial charge < -0.3 is 5.11 Å². The summed E-state index contributed by atoms with van der Waals surface area (Å²) in [6.07, 6.45) is 1.57. The van der Waals surface area contributed by atoms with Gasteiger partial charge >= 0.3 is 0 Å². The van der Waals surface area contributed by atoms with E-state index in [4.69, 9.17) is 0 Å². The first kappa shape index (κ1) is 9.84. The standard InChI is InChI=1S/C13H9FN2O/c14-10-5-3-4-9-8-15-16(13(9)10)11-6-1-2-7-12(11)17/h1-8,17H. The maximum Gasteiger partial charge on any atom is 0.149 e. The Hall–Kier alpha value is -2.36. The predicted octanol–water partition coefficient (Wildman–Crippen LogP) is 2.87. The van der Waals surface area contributed by atoms with E-state index in [2.05, 4.69) is 5.10 Å². The van der Waals surface area contributed by atoms with Crippen LogP contribution in [-0.4, -0.2) is 14.9 Å². The quantitative estimate of drug-likeness (QED) is 0.695. The lowest BCUT2D eigenvalue weighted by Gasteiger charge is -2.05. The number of halogens is 1. The molecule has 0 radical (unpaired) electrons. The molecule has 0 aliphatic rings. The Kier molecular flexibility index (Phi) is 2.08. The summed E-state index contributed by atoms with van der Waals surface area (Å²) in [5, 5.41) is 14.6. The normalized spacial score (nSPS) is 10.9. The number of fused-ring (bicyclic) bond motifs is 1. The molecule has 0 fully saturated rings. The van der Waals surface area contributed by atoms with Crippen molar-refractivity contribution in [2.45, 2.75) is 0 Å². The number of hydrogen-bond donors (Lipinski definition) is 1.